The molecule has 0 aliphatic carbocycles. The molecule has 3 aromatic rings. The summed E-state index contributed by atoms with van der Waals surface area (Å²) in [5.41, 5.74) is 5.38. The molecule has 1 unspecified atom stereocenters. The molecule has 132 valence electrons. The largest absolute Gasteiger partial charge is 0.339 e. The number of carbonyl (C=O) groups is 1. The van der Waals surface area contributed by atoms with Gasteiger partial charge in [0.2, 0.25) is 17.6 Å². The highest BCUT2D eigenvalue weighted by Gasteiger charge is 2.35. The van der Waals surface area contributed by atoms with Crippen molar-refractivity contribution in [2.75, 3.05) is 11.4 Å². The number of amides is 1. The Balaban J connectivity index is 1.58. The number of hydrogen-bond acceptors (Lipinski definition) is 4. The predicted octanol–water partition coefficient (Wildman–Crippen LogP) is 4.18. The smallest absolute Gasteiger partial charge is 0.232 e. The number of aryl methyl sites for hydroxylation is 3. The minimum absolute atomic E-state index is 0.0747. The first-order valence-electron chi connectivity index (χ1n) is 8.80. The molecule has 4 rings (SSSR count). The van der Waals surface area contributed by atoms with E-state index in [0.29, 0.717) is 24.7 Å². The minimum Gasteiger partial charge on any atom is -0.339 e. The summed E-state index contributed by atoms with van der Waals surface area (Å²) in [4.78, 5) is 18.9. The third-order valence-electron chi connectivity index (χ3n) is 5.10. The lowest BCUT2D eigenvalue weighted by atomic mass is 10.1. The molecule has 0 spiro atoms. The molecule has 0 radical (unpaired) electrons. The molecule has 2 heterocycles. The van der Waals surface area contributed by atoms with E-state index in [1.165, 1.54) is 11.1 Å². The molecule has 26 heavy (non-hydrogen) atoms. The number of benzene rings is 2. The topological polar surface area (TPSA) is 59.2 Å². The molecule has 1 fully saturated rings. The molecule has 1 aromatic heterocycles. The summed E-state index contributed by atoms with van der Waals surface area (Å²) in [6, 6.07) is 14.0. The van der Waals surface area contributed by atoms with Crippen molar-refractivity contribution in [3.63, 3.8) is 0 Å². The zero-order valence-corrected chi connectivity index (χ0v) is 15.2. The van der Waals surface area contributed by atoms with Gasteiger partial charge in [-0.15, -0.1) is 0 Å². The summed E-state index contributed by atoms with van der Waals surface area (Å²) < 4.78 is 5.49. The van der Waals surface area contributed by atoms with E-state index in [1.807, 2.05) is 48.2 Å². The maximum atomic E-state index is 12.5. The number of aromatic nitrogens is 2. The second-order valence-corrected chi connectivity index (χ2v) is 6.95. The van der Waals surface area contributed by atoms with Crippen molar-refractivity contribution < 1.29 is 9.32 Å². The second-order valence-electron chi connectivity index (χ2n) is 6.95. The molecular formula is C21H21N3O2. The molecule has 1 saturated heterocycles. The van der Waals surface area contributed by atoms with E-state index in [2.05, 4.69) is 30.1 Å². The van der Waals surface area contributed by atoms with Crippen molar-refractivity contribution in [3.8, 4) is 11.4 Å². The molecule has 0 saturated carbocycles. The lowest BCUT2D eigenvalue weighted by Gasteiger charge is -2.17. The van der Waals surface area contributed by atoms with Crippen molar-refractivity contribution in [2.24, 2.45) is 0 Å². The fourth-order valence-electron chi connectivity index (χ4n) is 3.35. The molecule has 1 aliphatic rings. The Morgan fingerprint density at radius 2 is 1.85 bits per heavy atom. The molecule has 0 N–H and O–H groups in total. The van der Waals surface area contributed by atoms with Crippen molar-refractivity contribution >= 4 is 11.6 Å². The lowest BCUT2D eigenvalue weighted by Crippen LogP contribution is -2.24. The zero-order valence-electron chi connectivity index (χ0n) is 15.2. The zero-order chi connectivity index (χ0) is 18.3. The minimum atomic E-state index is -0.0747. The van der Waals surface area contributed by atoms with Gasteiger partial charge >= 0.3 is 0 Å². The average molecular weight is 347 g/mol. The van der Waals surface area contributed by atoms with E-state index < -0.39 is 0 Å². The van der Waals surface area contributed by atoms with Gasteiger partial charge in [0.25, 0.3) is 0 Å². The van der Waals surface area contributed by atoms with Crippen LogP contribution < -0.4 is 4.90 Å². The van der Waals surface area contributed by atoms with Crippen LogP contribution in [-0.2, 0) is 4.79 Å². The third kappa shape index (κ3) is 2.90. The first kappa shape index (κ1) is 16.5. The summed E-state index contributed by atoms with van der Waals surface area (Å²) >= 11 is 0. The molecule has 0 bridgehead atoms. The van der Waals surface area contributed by atoms with E-state index in [0.717, 1.165) is 16.8 Å². The maximum Gasteiger partial charge on any atom is 0.232 e. The van der Waals surface area contributed by atoms with Gasteiger partial charge in [0.1, 0.15) is 0 Å². The van der Waals surface area contributed by atoms with E-state index in [4.69, 9.17) is 4.52 Å². The molecule has 5 nitrogen and oxygen atoms in total. The number of rotatable bonds is 3. The summed E-state index contributed by atoms with van der Waals surface area (Å²) in [6.07, 6.45) is 0.391. The van der Waals surface area contributed by atoms with Crippen LogP contribution in [0.5, 0.6) is 0 Å². The highest BCUT2D eigenvalue weighted by molar-refractivity contribution is 5.96. The van der Waals surface area contributed by atoms with Gasteiger partial charge in [-0.25, -0.2) is 0 Å². The molecular weight excluding hydrogens is 326 g/mol. The Labute approximate surface area is 152 Å². The summed E-state index contributed by atoms with van der Waals surface area (Å²) in [6.45, 7) is 6.71. The van der Waals surface area contributed by atoms with Gasteiger partial charge in [0, 0.05) is 24.2 Å². The maximum absolute atomic E-state index is 12.5. The van der Waals surface area contributed by atoms with Crippen molar-refractivity contribution in [3.05, 3.63) is 65.0 Å². The van der Waals surface area contributed by atoms with Gasteiger partial charge in [0.15, 0.2) is 0 Å². The normalized spacial score (nSPS) is 17.1. The highest BCUT2D eigenvalue weighted by Crippen LogP contribution is 2.33. The Morgan fingerprint density at radius 3 is 2.62 bits per heavy atom. The van der Waals surface area contributed by atoms with Crippen LogP contribution in [0.25, 0.3) is 11.4 Å². The summed E-state index contributed by atoms with van der Waals surface area (Å²) in [5, 5.41) is 4.12. The Morgan fingerprint density at radius 1 is 1.04 bits per heavy atom. The van der Waals surface area contributed by atoms with Crippen molar-refractivity contribution in [1.29, 1.82) is 0 Å². The van der Waals surface area contributed by atoms with Crippen LogP contribution >= 0.6 is 0 Å². The van der Waals surface area contributed by atoms with E-state index in [1.54, 1.807) is 0 Å². The number of nitrogens with zero attached hydrogens (tertiary/aromatic N) is 3. The molecule has 2 aromatic carbocycles. The number of carbonyl (C=O) groups excluding carboxylic acids is 1. The van der Waals surface area contributed by atoms with Crippen LogP contribution in [0, 0.1) is 20.8 Å². The Kier molecular flexibility index (Phi) is 4.07. The van der Waals surface area contributed by atoms with Gasteiger partial charge in [-0.2, -0.15) is 4.98 Å². The number of hydrogen-bond donors (Lipinski definition) is 0. The standard InChI is InChI=1S/C21H21N3O2/c1-13-8-9-17(10-15(13)3)24-12-16(11-19(24)25)21-22-20(23-26-21)18-7-5-4-6-14(18)2/h4-10,16H,11-12H2,1-3H3. The summed E-state index contributed by atoms with van der Waals surface area (Å²) in [5.74, 6) is 1.13. The van der Waals surface area contributed by atoms with Crippen molar-refractivity contribution in [1.82, 2.24) is 10.1 Å². The van der Waals surface area contributed by atoms with Gasteiger partial charge in [0.05, 0.1) is 5.92 Å². The number of anilines is 1. The highest BCUT2D eigenvalue weighted by atomic mass is 16.5. The molecule has 5 heteroatoms. The van der Waals surface area contributed by atoms with E-state index in [9.17, 15) is 4.79 Å². The van der Waals surface area contributed by atoms with Gasteiger partial charge in [-0.1, -0.05) is 35.5 Å². The van der Waals surface area contributed by atoms with Gasteiger partial charge in [-0.3, -0.25) is 4.79 Å². The van der Waals surface area contributed by atoms with E-state index in [-0.39, 0.29) is 11.8 Å². The average Bonchev–Trinajstić information content (AvgIpc) is 3.25. The monoisotopic (exact) mass is 347 g/mol. The molecule has 1 amide bonds. The van der Waals surface area contributed by atoms with Gasteiger partial charge in [-0.05, 0) is 49.6 Å². The van der Waals surface area contributed by atoms with Crippen LogP contribution in [0.4, 0.5) is 5.69 Å². The predicted molar refractivity (Wildman–Crippen MR) is 100 cm³/mol. The van der Waals surface area contributed by atoms with Crippen LogP contribution in [0.3, 0.4) is 0 Å². The van der Waals surface area contributed by atoms with Crippen LogP contribution in [-0.4, -0.2) is 22.6 Å². The van der Waals surface area contributed by atoms with Gasteiger partial charge < -0.3 is 9.42 Å². The fraction of sp³-hybridized carbons (Fsp3) is 0.286. The molecule has 1 atom stereocenters. The Hall–Kier alpha value is -2.95. The second kappa shape index (κ2) is 6.41. The first-order chi connectivity index (χ1) is 12.5. The fourth-order valence-corrected chi connectivity index (χ4v) is 3.35. The van der Waals surface area contributed by atoms with Crippen LogP contribution in [0.2, 0.25) is 0 Å². The lowest BCUT2D eigenvalue weighted by molar-refractivity contribution is -0.117. The molecule has 1 aliphatic heterocycles. The van der Waals surface area contributed by atoms with Crippen LogP contribution in [0.15, 0.2) is 47.0 Å². The van der Waals surface area contributed by atoms with Crippen LogP contribution in [0.1, 0.15) is 34.9 Å². The van der Waals surface area contributed by atoms with Crippen molar-refractivity contribution in [2.45, 2.75) is 33.1 Å². The quantitative estimate of drug-likeness (QED) is 0.713. The van der Waals surface area contributed by atoms with E-state index >= 15 is 0 Å². The SMILES string of the molecule is Cc1ccc(N2CC(c3nc(-c4ccccc4C)no3)CC2=O)cc1C. The third-order valence-corrected chi connectivity index (χ3v) is 5.10. The first-order valence-corrected chi connectivity index (χ1v) is 8.80. The summed E-state index contributed by atoms with van der Waals surface area (Å²) in [7, 11) is 0. The Bertz CT molecular complexity index is 977.